The van der Waals surface area contributed by atoms with Crippen LogP contribution in [0.5, 0.6) is 5.75 Å². The maximum Gasteiger partial charge on any atom is 0.328 e. The zero-order chi connectivity index (χ0) is 21.6. The Morgan fingerprint density at radius 3 is 2.48 bits per heavy atom. The lowest BCUT2D eigenvalue weighted by molar-refractivity contribution is -0.386. The van der Waals surface area contributed by atoms with Gasteiger partial charge in [0.1, 0.15) is 23.7 Å². The highest BCUT2D eigenvalue weighted by atomic mass is 16.6. The molecule has 0 aliphatic heterocycles. The number of amides is 1. The van der Waals surface area contributed by atoms with E-state index in [0.717, 1.165) is 11.3 Å². The molecule has 2 aromatic rings. The average Bonchev–Trinajstić information content (AvgIpc) is 2.95. The van der Waals surface area contributed by atoms with Crippen molar-refractivity contribution in [3.05, 3.63) is 51.3 Å². The van der Waals surface area contributed by atoms with Crippen molar-refractivity contribution in [3.8, 4) is 5.75 Å². The van der Waals surface area contributed by atoms with E-state index in [1.807, 2.05) is 24.3 Å². The van der Waals surface area contributed by atoms with Gasteiger partial charge in [0, 0.05) is 6.54 Å². The molecule has 1 amide bonds. The molecule has 1 heterocycles. The molecule has 29 heavy (non-hydrogen) atoms. The molecule has 0 aliphatic rings. The minimum Gasteiger partial charge on any atom is -0.497 e. The summed E-state index contributed by atoms with van der Waals surface area (Å²) in [5, 5.41) is 17.7. The number of carbonyl (C=O) groups excluding carboxylic acids is 2. The van der Waals surface area contributed by atoms with Crippen LogP contribution < -0.4 is 10.1 Å². The fraction of sp³-hybridized carbons (Fsp3) is 0.421. The lowest BCUT2D eigenvalue weighted by Crippen LogP contribution is -2.37. The number of esters is 1. The van der Waals surface area contributed by atoms with Gasteiger partial charge in [-0.1, -0.05) is 12.1 Å². The van der Waals surface area contributed by atoms with Gasteiger partial charge in [-0.25, -0.2) is 0 Å². The summed E-state index contributed by atoms with van der Waals surface area (Å²) in [4.78, 5) is 34.7. The smallest absolute Gasteiger partial charge is 0.328 e. The van der Waals surface area contributed by atoms with Gasteiger partial charge in [-0.3, -0.25) is 24.4 Å². The maximum absolute atomic E-state index is 12.1. The number of hydrogen-bond donors (Lipinski definition) is 1. The Morgan fingerprint density at radius 1 is 1.28 bits per heavy atom. The fourth-order valence-electron chi connectivity index (χ4n) is 2.78. The largest absolute Gasteiger partial charge is 0.497 e. The van der Waals surface area contributed by atoms with Gasteiger partial charge in [-0.2, -0.15) is 5.10 Å². The van der Waals surface area contributed by atoms with Crippen LogP contribution in [0.3, 0.4) is 0 Å². The lowest BCUT2D eigenvalue weighted by Gasteiger charge is -2.14. The summed E-state index contributed by atoms with van der Waals surface area (Å²) in [6.45, 7) is 4.53. The number of nitrogens with zero attached hydrogens (tertiary/aromatic N) is 3. The zero-order valence-corrected chi connectivity index (χ0v) is 16.8. The predicted molar refractivity (Wildman–Crippen MR) is 104 cm³/mol. The number of hydrogen-bond acceptors (Lipinski definition) is 7. The van der Waals surface area contributed by atoms with E-state index in [-0.39, 0.29) is 23.6 Å². The van der Waals surface area contributed by atoms with Crippen molar-refractivity contribution in [1.29, 1.82) is 0 Å². The van der Waals surface area contributed by atoms with Crippen molar-refractivity contribution in [2.24, 2.45) is 0 Å². The van der Waals surface area contributed by atoms with E-state index in [1.54, 1.807) is 7.11 Å². The minimum atomic E-state index is -0.995. The van der Waals surface area contributed by atoms with Gasteiger partial charge < -0.3 is 14.8 Å². The Hall–Kier alpha value is -3.43. The number of aryl methyl sites for hydroxylation is 1. The van der Waals surface area contributed by atoms with Crippen molar-refractivity contribution in [2.45, 2.75) is 39.8 Å². The first-order valence-corrected chi connectivity index (χ1v) is 9.01. The molecular formula is C19H24N4O6. The molecule has 1 N–H and O–H groups in total. The molecule has 10 nitrogen and oxygen atoms in total. The van der Waals surface area contributed by atoms with E-state index in [0.29, 0.717) is 13.0 Å². The van der Waals surface area contributed by atoms with Crippen LogP contribution >= 0.6 is 0 Å². The van der Waals surface area contributed by atoms with Crippen molar-refractivity contribution >= 4 is 17.6 Å². The Kier molecular flexibility index (Phi) is 7.29. The standard InChI is InChI=1S/C19H24N4O6/c1-12-18(23(26)27)13(2)22(21-12)11-17(24)29-14(3)19(25)20-10-9-15-5-7-16(28-4)8-6-15/h5-8,14H,9-11H2,1-4H3,(H,20,25)/t14-/m0/s1. The minimum absolute atomic E-state index is 0.137. The third kappa shape index (κ3) is 5.77. The van der Waals surface area contributed by atoms with E-state index >= 15 is 0 Å². The summed E-state index contributed by atoms with van der Waals surface area (Å²) in [5.74, 6) is -0.374. The molecule has 1 atom stereocenters. The second kappa shape index (κ2) is 9.67. The summed E-state index contributed by atoms with van der Waals surface area (Å²) in [6, 6.07) is 7.49. The molecule has 0 aliphatic carbocycles. The van der Waals surface area contributed by atoms with Gasteiger partial charge in [0.15, 0.2) is 6.10 Å². The van der Waals surface area contributed by atoms with Crippen LogP contribution in [-0.4, -0.2) is 46.3 Å². The van der Waals surface area contributed by atoms with Gasteiger partial charge in [0.2, 0.25) is 0 Å². The predicted octanol–water partition coefficient (Wildman–Crippen LogP) is 1.71. The van der Waals surface area contributed by atoms with Crippen LogP contribution in [0.2, 0.25) is 0 Å². The second-order valence-corrected chi connectivity index (χ2v) is 6.46. The Morgan fingerprint density at radius 2 is 1.93 bits per heavy atom. The quantitative estimate of drug-likeness (QED) is 0.383. The normalized spacial score (nSPS) is 11.6. The van der Waals surface area contributed by atoms with Gasteiger partial charge in [-0.15, -0.1) is 0 Å². The molecule has 10 heteroatoms. The van der Waals surface area contributed by atoms with Crippen LogP contribution in [0, 0.1) is 24.0 Å². The number of nitrogens with one attached hydrogen (secondary N) is 1. The number of aromatic nitrogens is 2. The third-order valence-corrected chi connectivity index (χ3v) is 4.35. The second-order valence-electron chi connectivity index (χ2n) is 6.46. The molecular weight excluding hydrogens is 380 g/mol. The number of nitro groups is 1. The molecule has 0 spiro atoms. The van der Waals surface area contributed by atoms with E-state index < -0.39 is 22.9 Å². The summed E-state index contributed by atoms with van der Waals surface area (Å²) >= 11 is 0. The molecule has 0 unspecified atom stereocenters. The van der Waals surface area contributed by atoms with Gasteiger partial charge in [0.25, 0.3) is 5.91 Å². The Labute approximate surface area is 167 Å². The van der Waals surface area contributed by atoms with E-state index in [2.05, 4.69) is 10.4 Å². The van der Waals surface area contributed by atoms with Crippen molar-refractivity contribution < 1.29 is 24.0 Å². The van der Waals surface area contributed by atoms with Gasteiger partial charge >= 0.3 is 11.7 Å². The molecule has 0 fully saturated rings. The number of rotatable bonds is 9. The van der Waals surface area contributed by atoms with Gasteiger partial charge in [0.05, 0.1) is 12.0 Å². The first-order valence-electron chi connectivity index (χ1n) is 9.01. The summed E-state index contributed by atoms with van der Waals surface area (Å²) < 4.78 is 11.4. The van der Waals surface area contributed by atoms with Crippen LogP contribution in [-0.2, 0) is 27.3 Å². The summed E-state index contributed by atoms with van der Waals surface area (Å²) in [6.07, 6.45) is -0.378. The van der Waals surface area contributed by atoms with Crippen LogP contribution in [0.15, 0.2) is 24.3 Å². The highest BCUT2D eigenvalue weighted by molar-refractivity contribution is 5.83. The van der Waals surface area contributed by atoms with Crippen molar-refractivity contribution in [1.82, 2.24) is 15.1 Å². The third-order valence-electron chi connectivity index (χ3n) is 4.35. The Balaban J connectivity index is 1.81. The number of methoxy groups -OCH3 is 1. The van der Waals surface area contributed by atoms with Gasteiger partial charge in [-0.05, 0) is 44.9 Å². The highest BCUT2D eigenvalue weighted by Crippen LogP contribution is 2.21. The zero-order valence-electron chi connectivity index (χ0n) is 16.8. The summed E-state index contributed by atoms with van der Waals surface area (Å²) in [7, 11) is 1.59. The van der Waals surface area contributed by atoms with E-state index in [1.165, 1.54) is 25.5 Å². The first-order chi connectivity index (χ1) is 13.7. The first kappa shape index (κ1) is 21.9. The average molecular weight is 404 g/mol. The lowest BCUT2D eigenvalue weighted by atomic mass is 10.1. The SMILES string of the molecule is COc1ccc(CCNC(=O)[C@H](C)OC(=O)Cn2nc(C)c([N+](=O)[O-])c2C)cc1. The van der Waals surface area contributed by atoms with Crippen molar-refractivity contribution in [2.75, 3.05) is 13.7 Å². The molecule has 1 aromatic heterocycles. The summed E-state index contributed by atoms with van der Waals surface area (Å²) in [5.41, 5.74) is 1.36. The molecule has 0 bridgehead atoms. The van der Waals surface area contributed by atoms with Crippen LogP contribution in [0.4, 0.5) is 5.69 Å². The van der Waals surface area contributed by atoms with E-state index in [4.69, 9.17) is 9.47 Å². The number of benzene rings is 1. The molecule has 2 rings (SSSR count). The molecule has 0 saturated carbocycles. The van der Waals surface area contributed by atoms with Crippen LogP contribution in [0.1, 0.15) is 23.9 Å². The Bertz CT molecular complexity index is 891. The fourth-order valence-corrected chi connectivity index (χ4v) is 2.78. The van der Waals surface area contributed by atoms with Crippen LogP contribution in [0.25, 0.3) is 0 Å². The molecule has 156 valence electrons. The van der Waals surface area contributed by atoms with E-state index in [9.17, 15) is 19.7 Å². The maximum atomic E-state index is 12.1. The molecule has 0 radical (unpaired) electrons. The molecule has 1 aromatic carbocycles. The topological polar surface area (TPSA) is 126 Å². The number of carbonyl (C=O) groups is 2. The highest BCUT2D eigenvalue weighted by Gasteiger charge is 2.24. The number of ether oxygens (including phenoxy) is 2. The monoisotopic (exact) mass is 404 g/mol. The molecule has 0 saturated heterocycles. The van der Waals surface area contributed by atoms with Crippen molar-refractivity contribution in [3.63, 3.8) is 0 Å².